The maximum Gasteiger partial charge on any atom is 0.281 e. The van der Waals surface area contributed by atoms with Gasteiger partial charge in [-0.05, 0) is 12.1 Å². The fraction of sp³-hybridized carbons (Fsp3) is 0.333. The maximum absolute atomic E-state index is 11.3. The Kier molecular flexibility index (Phi) is 2.31. The Morgan fingerprint density at radius 1 is 1.33 bits per heavy atom. The number of hydrazone groups is 1. The second-order valence-corrected chi connectivity index (χ2v) is 4.43. The first-order valence-corrected chi connectivity index (χ1v) is 5.07. The van der Waals surface area contributed by atoms with Crippen LogP contribution in [0.15, 0.2) is 30.3 Å². The van der Waals surface area contributed by atoms with Crippen LogP contribution >= 0.6 is 0 Å². The molecule has 1 N–H and O–H groups in total. The van der Waals surface area contributed by atoms with Crippen LogP contribution in [0.5, 0.6) is 0 Å². The Labute approximate surface area is 89.4 Å². The van der Waals surface area contributed by atoms with Gasteiger partial charge in [0.15, 0.2) is 5.54 Å². The molecule has 1 aliphatic rings. The molecule has 0 aliphatic carbocycles. The molecule has 1 heterocycles. The van der Waals surface area contributed by atoms with Crippen LogP contribution in [0.4, 0.5) is 0 Å². The SMILES string of the molecule is CC1(C)CC(=O)N[N+]1=Cc1ccccc1. The summed E-state index contributed by atoms with van der Waals surface area (Å²) in [6, 6.07) is 9.97. The lowest BCUT2D eigenvalue weighted by Gasteiger charge is -2.09. The van der Waals surface area contributed by atoms with Crippen LogP contribution < -0.4 is 5.43 Å². The molecule has 15 heavy (non-hydrogen) atoms. The number of hydrazine groups is 1. The van der Waals surface area contributed by atoms with Gasteiger partial charge < -0.3 is 0 Å². The molecule has 78 valence electrons. The molecule has 0 spiro atoms. The Hall–Kier alpha value is -1.64. The van der Waals surface area contributed by atoms with Gasteiger partial charge in [-0.3, -0.25) is 4.79 Å². The monoisotopic (exact) mass is 203 g/mol. The summed E-state index contributed by atoms with van der Waals surface area (Å²) < 4.78 is 1.88. The third kappa shape index (κ3) is 2.06. The van der Waals surface area contributed by atoms with Gasteiger partial charge in [0.1, 0.15) is 0 Å². The lowest BCUT2D eigenvalue weighted by atomic mass is 10.0. The molecule has 1 aromatic carbocycles. The predicted molar refractivity (Wildman–Crippen MR) is 58.7 cm³/mol. The number of hydrogen-bond donors (Lipinski definition) is 1. The lowest BCUT2D eigenvalue weighted by molar-refractivity contribution is -0.620. The average molecular weight is 203 g/mol. The van der Waals surface area contributed by atoms with Crippen molar-refractivity contribution in [2.24, 2.45) is 0 Å². The molecular weight excluding hydrogens is 188 g/mol. The van der Waals surface area contributed by atoms with E-state index in [0.717, 1.165) is 5.56 Å². The van der Waals surface area contributed by atoms with Crippen molar-refractivity contribution < 1.29 is 9.48 Å². The number of nitrogens with zero attached hydrogens (tertiary/aromatic N) is 1. The van der Waals surface area contributed by atoms with Crippen LogP contribution in [0, 0.1) is 0 Å². The summed E-state index contributed by atoms with van der Waals surface area (Å²) in [7, 11) is 0. The Bertz CT molecular complexity index is 407. The average Bonchev–Trinajstić information content (AvgIpc) is 2.41. The molecule has 3 nitrogen and oxygen atoms in total. The molecule has 1 amide bonds. The summed E-state index contributed by atoms with van der Waals surface area (Å²) in [5.41, 5.74) is 3.78. The van der Waals surface area contributed by atoms with Gasteiger partial charge in [0, 0.05) is 19.4 Å². The van der Waals surface area contributed by atoms with Crippen molar-refractivity contribution in [2.75, 3.05) is 0 Å². The van der Waals surface area contributed by atoms with Gasteiger partial charge in [0.25, 0.3) is 5.91 Å². The van der Waals surface area contributed by atoms with E-state index in [1.807, 2.05) is 55.1 Å². The third-order valence-corrected chi connectivity index (χ3v) is 2.57. The summed E-state index contributed by atoms with van der Waals surface area (Å²) in [4.78, 5) is 11.3. The molecule has 1 aromatic rings. The predicted octanol–water partition coefficient (Wildman–Crippen LogP) is 1.33. The number of carbonyl (C=O) groups excluding carboxylic acids is 1. The number of rotatable bonds is 1. The van der Waals surface area contributed by atoms with Gasteiger partial charge in [-0.15, -0.1) is 10.1 Å². The summed E-state index contributed by atoms with van der Waals surface area (Å²) in [6.45, 7) is 4.09. The number of amides is 1. The van der Waals surface area contributed by atoms with Gasteiger partial charge in [-0.25, -0.2) is 0 Å². The third-order valence-electron chi connectivity index (χ3n) is 2.57. The first-order chi connectivity index (χ1) is 7.08. The molecule has 1 fully saturated rings. The zero-order valence-electron chi connectivity index (χ0n) is 9.03. The number of carbonyl (C=O) groups is 1. The zero-order chi connectivity index (χ0) is 10.9. The molecule has 1 saturated heterocycles. The molecule has 0 atom stereocenters. The number of nitrogens with one attached hydrogen (secondary N) is 1. The molecular formula is C12H15N2O+. The van der Waals surface area contributed by atoms with E-state index in [1.165, 1.54) is 0 Å². The van der Waals surface area contributed by atoms with E-state index in [4.69, 9.17) is 0 Å². The zero-order valence-corrected chi connectivity index (χ0v) is 9.03. The van der Waals surface area contributed by atoms with Crippen LogP contribution in [-0.4, -0.2) is 22.3 Å². The highest BCUT2D eigenvalue weighted by atomic mass is 16.2. The first-order valence-electron chi connectivity index (χ1n) is 5.07. The molecule has 3 heteroatoms. The van der Waals surface area contributed by atoms with Crippen LogP contribution in [-0.2, 0) is 4.79 Å². The normalized spacial score (nSPS) is 21.7. The van der Waals surface area contributed by atoms with Crippen LogP contribution in [0.3, 0.4) is 0 Å². The van der Waals surface area contributed by atoms with Gasteiger partial charge in [-0.2, -0.15) is 0 Å². The van der Waals surface area contributed by atoms with Crippen LogP contribution in [0.2, 0.25) is 0 Å². The van der Waals surface area contributed by atoms with Crippen molar-refractivity contribution in [3.63, 3.8) is 0 Å². The molecule has 0 bridgehead atoms. The topological polar surface area (TPSA) is 32.1 Å². The van der Waals surface area contributed by atoms with Crippen LogP contribution in [0.1, 0.15) is 25.8 Å². The first kappa shape index (κ1) is 9.90. The van der Waals surface area contributed by atoms with Gasteiger partial charge in [-0.1, -0.05) is 18.2 Å². The van der Waals surface area contributed by atoms with E-state index >= 15 is 0 Å². The highest BCUT2D eigenvalue weighted by Crippen LogP contribution is 2.18. The van der Waals surface area contributed by atoms with E-state index in [2.05, 4.69) is 5.43 Å². The number of benzene rings is 1. The van der Waals surface area contributed by atoms with Crippen molar-refractivity contribution in [2.45, 2.75) is 25.8 Å². The second kappa shape index (κ2) is 3.50. The van der Waals surface area contributed by atoms with Gasteiger partial charge in [0.05, 0.1) is 6.42 Å². The smallest absolute Gasteiger partial charge is 0.269 e. The van der Waals surface area contributed by atoms with E-state index < -0.39 is 0 Å². The van der Waals surface area contributed by atoms with Gasteiger partial charge >= 0.3 is 0 Å². The Morgan fingerprint density at radius 3 is 2.53 bits per heavy atom. The Morgan fingerprint density at radius 2 is 2.00 bits per heavy atom. The fourth-order valence-electron chi connectivity index (χ4n) is 1.70. The molecule has 1 aliphatic heterocycles. The van der Waals surface area contributed by atoms with Crippen molar-refractivity contribution >= 4 is 12.1 Å². The summed E-state index contributed by atoms with van der Waals surface area (Å²) in [6.07, 6.45) is 2.50. The van der Waals surface area contributed by atoms with Crippen molar-refractivity contribution in [1.29, 1.82) is 0 Å². The highest BCUT2D eigenvalue weighted by Gasteiger charge is 2.42. The molecule has 2 rings (SSSR count). The van der Waals surface area contributed by atoms with Crippen molar-refractivity contribution in [3.05, 3.63) is 35.9 Å². The lowest BCUT2D eigenvalue weighted by Crippen LogP contribution is -2.36. The van der Waals surface area contributed by atoms with E-state index in [9.17, 15) is 4.79 Å². The minimum absolute atomic E-state index is 0.0761. The number of hydrogen-bond acceptors (Lipinski definition) is 1. The van der Waals surface area contributed by atoms with E-state index in [-0.39, 0.29) is 11.4 Å². The summed E-state index contributed by atoms with van der Waals surface area (Å²) in [5, 5.41) is 0. The Balaban J connectivity index is 2.32. The maximum atomic E-state index is 11.3. The van der Waals surface area contributed by atoms with Crippen LogP contribution in [0.25, 0.3) is 0 Å². The quantitative estimate of drug-likeness (QED) is 0.686. The molecule has 0 aromatic heterocycles. The van der Waals surface area contributed by atoms with Gasteiger partial charge in [0.2, 0.25) is 6.21 Å². The molecule has 0 unspecified atom stereocenters. The van der Waals surface area contributed by atoms with E-state index in [0.29, 0.717) is 6.42 Å². The minimum Gasteiger partial charge on any atom is -0.269 e. The van der Waals surface area contributed by atoms with E-state index in [1.54, 1.807) is 0 Å². The summed E-state index contributed by atoms with van der Waals surface area (Å²) >= 11 is 0. The minimum atomic E-state index is -0.146. The molecule has 0 saturated carbocycles. The second-order valence-electron chi connectivity index (χ2n) is 4.43. The highest BCUT2D eigenvalue weighted by molar-refractivity contribution is 5.80. The van der Waals surface area contributed by atoms with Crippen molar-refractivity contribution in [3.8, 4) is 0 Å². The molecule has 0 radical (unpaired) electrons. The standard InChI is InChI=1S/C12H14N2O/c1-12(2)8-11(15)13-14(12)9-10-6-4-3-5-7-10/h3-7,9H,8H2,1-2H3/p+1. The summed E-state index contributed by atoms with van der Waals surface area (Å²) in [5.74, 6) is 0.0761. The fourth-order valence-corrected chi connectivity index (χ4v) is 1.70. The van der Waals surface area contributed by atoms with Crippen molar-refractivity contribution in [1.82, 2.24) is 5.43 Å². The largest absolute Gasteiger partial charge is 0.281 e.